The first-order chi connectivity index (χ1) is 33.8. The van der Waals surface area contributed by atoms with Gasteiger partial charge in [0.15, 0.2) is 11.6 Å². The number of amides is 4. The molecule has 0 heterocycles. The van der Waals surface area contributed by atoms with Gasteiger partial charge in [-0.25, -0.2) is 0 Å². The molecule has 5 rings (SSSR count). The molecule has 0 aromatic heterocycles. The van der Waals surface area contributed by atoms with Crippen LogP contribution >= 0.6 is 58.0 Å². The van der Waals surface area contributed by atoms with Gasteiger partial charge in [-0.3, -0.25) is 28.8 Å². The molecule has 0 aliphatic carbocycles. The monoisotopic (exact) mass is 1060 g/mol. The molecule has 0 spiro atoms. The molecule has 4 amide bonds. The lowest BCUT2D eigenvalue weighted by Gasteiger charge is -2.17. The van der Waals surface area contributed by atoms with E-state index < -0.39 is 58.0 Å². The van der Waals surface area contributed by atoms with Crippen molar-refractivity contribution in [2.24, 2.45) is 20.5 Å². The zero-order chi connectivity index (χ0) is 51.9. The van der Waals surface area contributed by atoms with Crippen LogP contribution in [-0.4, -0.2) is 66.4 Å². The SMILES string of the molecule is CCOc1cccc(NC(=O)c2cc(Cl)cc(N=NC(C(C)=O)C(=O)Nc3ccc(NC(=O)C(N=Nc4cc(Cl)cc(C(=O)Nc5cccc(OCC)c5C(C)Cl)c4)C(C)=O)c(CCCl)c3)c2)c1C(C)Cl. The number of anilines is 4. The van der Waals surface area contributed by atoms with E-state index in [4.69, 9.17) is 67.5 Å². The van der Waals surface area contributed by atoms with E-state index in [0.29, 0.717) is 52.8 Å². The van der Waals surface area contributed by atoms with Gasteiger partial charge < -0.3 is 30.7 Å². The van der Waals surface area contributed by atoms with Gasteiger partial charge in [-0.2, -0.15) is 20.5 Å². The summed E-state index contributed by atoms with van der Waals surface area (Å²) in [6.45, 7) is 10.3. The Kier molecular flexibility index (Phi) is 20.4. The molecule has 5 aromatic carbocycles. The lowest BCUT2D eigenvalue weighted by atomic mass is 10.1. The molecular formula is C50H49Cl5N8O8. The summed E-state index contributed by atoms with van der Waals surface area (Å²) in [5.74, 6) is -2.91. The summed E-state index contributed by atoms with van der Waals surface area (Å²) in [7, 11) is 0. The maximum atomic E-state index is 13.6. The number of ether oxygens (including phenoxy) is 2. The van der Waals surface area contributed by atoms with Crippen molar-refractivity contribution in [2.45, 2.75) is 70.8 Å². The summed E-state index contributed by atoms with van der Waals surface area (Å²) in [5.41, 5.74) is 3.33. The van der Waals surface area contributed by atoms with Crippen LogP contribution in [0.3, 0.4) is 0 Å². The van der Waals surface area contributed by atoms with Crippen LogP contribution in [0.2, 0.25) is 10.0 Å². The number of halogens is 5. The van der Waals surface area contributed by atoms with Gasteiger partial charge in [0.25, 0.3) is 23.6 Å². The third-order valence-electron chi connectivity index (χ3n) is 10.2. The number of carbonyl (C=O) groups excluding carboxylic acids is 6. The molecule has 0 bridgehead atoms. The van der Waals surface area contributed by atoms with Gasteiger partial charge in [0.1, 0.15) is 11.5 Å². The fraction of sp³-hybridized carbons (Fsp3) is 0.280. The lowest BCUT2D eigenvalue weighted by Crippen LogP contribution is -2.32. The van der Waals surface area contributed by atoms with Gasteiger partial charge in [-0.1, -0.05) is 35.3 Å². The highest BCUT2D eigenvalue weighted by atomic mass is 35.5. The van der Waals surface area contributed by atoms with Crippen LogP contribution in [0.25, 0.3) is 0 Å². The van der Waals surface area contributed by atoms with Gasteiger partial charge in [0.2, 0.25) is 12.1 Å². The molecule has 0 aliphatic rings. The summed E-state index contributed by atoms with van der Waals surface area (Å²) in [6, 6.07) is 19.9. The smallest absolute Gasteiger partial charge is 0.258 e. The molecule has 71 heavy (non-hydrogen) atoms. The molecule has 4 unspecified atom stereocenters. The average molecular weight is 1070 g/mol. The number of nitrogens with zero attached hydrogens (tertiary/aromatic N) is 4. The van der Waals surface area contributed by atoms with E-state index >= 15 is 0 Å². The Bertz CT molecular complexity index is 2880. The predicted molar refractivity (Wildman–Crippen MR) is 279 cm³/mol. The fourth-order valence-corrected chi connectivity index (χ4v) is 8.12. The number of azo groups is 2. The van der Waals surface area contributed by atoms with Crippen LogP contribution in [0.15, 0.2) is 111 Å². The van der Waals surface area contributed by atoms with E-state index in [1.54, 1.807) is 50.2 Å². The molecule has 16 nitrogen and oxygen atoms in total. The van der Waals surface area contributed by atoms with Gasteiger partial charge >= 0.3 is 0 Å². The van der Waals surface area contributed by atoms with Crippen LogP contribution in [0.5, 0.6) is 11.5 Å². The maximum absolute atomic E-state index is 13.6. The van der Waals surface area contributed by atoms with Crippen LogP contribution in [0, 0.1) is 0 Å². The minimum absolute atomic E-state index is 0.0822. The Morgan fingerprint density at radius 1 is 0.577 bits per heavy atom. The summed E-state index contributed by atoms with van der Waals surface area (Å²) in [4.78, 5) is 79.5. The lowest BCUT2D eigenvalue weighted by molar-refractivity contribution is -0.127. The number of Topliss-reactive ketones (excluding diaryl/α,β-unsaturated/α-hetero) is 2. The minimum atomic E-state index is -1.62. The Labute approximate surface area is 435 Å². The number of hydrogen-bond donors (Lipinski definition) is 4. The molecule has 21 heteroatoms. The van der Waals surface area contributed by atoms with Gasteiger partial charge in [-0.05, 0) is 132 Å². The van der Waals surface area contributed by atoms with Crippen molar-refractivity contribution in [2.75, 3.05) is 40.4 Å². The number of ketones is 2. The van der Waals surface area contributed by atoms with E-state index in [2.05, 4.69) is 41.7 Å². The molecule has 0 fully saturated rings. The van der Waals surface area contributed by atoms with Crippen LogP contribution < -0.4 is 30.7 Å². The van der Waals surface area contributed by atoms with Crippen molar-refractivity contribution in [3.8, 4) is 11.5 Å². The minimum Gasteiger partial charge on any atom is -0.493 e. The first-order valence-electron chi connectivity index (χ1n) is 22.0. The van der Waals surface area contributed by atoms with Gasteiger partial charge in [0, 0.05) is 60.9 Å². The first-order valence-corrected chi connectivity index (χ1v) is 24.2. The van der Waals surface area contributed by atoms with Crippen LogP contribution in [0.4, 0.5) is 34.1 Å². The Morgan fingerprint density at radius 3 is 1.44 bits per heavy atom. The van der Waals surface area contributed by atoms with Crippen molar-refractivity contribution < 1.29 is 38.2 Å². The maximum Gasteiger partial charge on any atom is 0.258 e. The van der Waals surface area contributed by atoms with E-state index in [1.807, 2.05) is 13.8 Å². The van der Waals surface area contributed by atoms with E-state index in [1.165, 1.54) is 54.6 Å². The van der Waals surface area contributed by atoms with E-state index in [-0.39, 0.29) is 56.2 Å². The number of carbonyl (C=O) groups is 6. The van der Waals surface area contributed by atoms with Crippen molar-refractivity contribution in [1.82, 2.24) is 0 Å². The first kappa shape index (κ1) is 55.5. The highest BCUT2D eigenvalue weighted by Crippen LogP contribution is 2.38. The second kappa shape index (κ2) is 26.1. The molecule has 0 saturated heterocycles. The molecule has 4 atom stereocenters. The summed E-state index contributed by atoms with van der Waals surface area (Å²) < 4.78 is 11.4. The molecule has 0 aliphatic heterocycles. The third kappa shape index (κ3) is 15.3. The molecule has 0 saturated carbocycles. The second-order valence-electron chi connectivity index (χ2n) is 15.6. The number of alkyl halides is 3. The summed E-state index contributed by atoms with van der Waals surface area (Å²) in [5, 5.41) is 26.5. The zero-order valence-electron chi connectivity index (χ0n) is 39.2. The third-order valence-corrected chi connectivity index (χ3v) is 11.2. The Morgan fingerprint density at radius 2 is 1.03 bits per heavy atom. The highest BCUT2D eigenvalue weighted by molar-refractivity contribution is 6.32. The predicted octanol–water partition coefficient (Wildman–Crippen LogP) is 13.0. The van der Waals surface area contributed by atoms with Crippen molar-refractivity contribution in [3.05, 3.63) is 129 Å². The Balaban J connectivity index is 1.29. The highest BCUT2D eigenvalue weighted by Gasteiger charge is 2.27. The molecule has 0 radical (unpaired) electrons. The topological polar surface area (TPSA) is 218 Å². The van der Waals surface area contributed by atoms with Crippen LogP contribution in [-0.2, 0) is 25.6 Å². The van der Waals surface area contributed by atoms with Crippen molar-refractivity contribution in [1.29, 1.82) is 0 Å². The van der Waals surface area contributed by atoms with Gasteiger partial charge in [-0.15, -0.1) is 34.8 Å². The number of nitrogens with one attached hydrogen (secondary N) is 4. The van der Waals surface area contributed by atoms with Crippen LogP contribution in [0.1, 0.15) is 89.7 Å². The average Bonchev–Trinajstić information content (AvgIpc) is 3.29. The van der Waals surface area contributed by atoms with E-state index in [0.717, 1.165) is 13.8 Å². The summed E-state index contributed by atoms with van der Waals surface area (Å²) in [6.07, 6.45) is 0.201. The number of aryl methyl sites for hydroxylation is 1. The zero-order valence-corrected chi connectivity index (χ0v) is 43.0. The summed E-state index contributed by atoms with van der Waals surface area (Å²) >= 11 is 31.7. The molecular weight excluding hydrogens is 1020 g/mol. The molecule has 372 valence electrons. The molecule has 5 aromatic rings. The Hall–Kier alpha value is -6.43. The fourth-order valence-electron chi connectivity index (χ4n) is 7.00. The normalized spacial score (nSPS) is 12.9. The second-order valence-corrected chi connectivity index (χ2v) is 18.1. The number of rotatable bonds is 22. The standard InChI is InChI=1S/C50H49Cl5N8O8/c1-7-70-41-13-9-11-39(43(41)26(3)52)58-47(66)31-19-33(54)24-36(22-31)60-62-45(28(5)64)49(68)56-35-15-16-38(30(21-35)17-18-51)57-50(69)46(29(6)65)63-61-37-23-32(20-34(55)25-37)48(67)59-40-12-10-14-42(71-8-2)44(40)27(4)53/h9-16,19-27,45-46H,7-8,17-18H2,1-6H3,(H,56,68)(H,57,69)(H,58,66)(H,59,67). The number of hydrogen-bond acceptors (Lipinski definition) is 12. The van der Waals surface area contributed by atoms with E-state index in [9.17, 15) is 28.8 Å². The molecule has 4 N–H and O–H groups in total. The van der Waals surface area contributed by atoms with Crippen molar-refractivity contribution >= 4 is 127 Å². The largest absolute Gasteiger partial charge is 0.493 e. The van der Waals surface area contributed by atoms with Crippen molar-refractivity contribution in [3.63, 3.8) is 0 Å². The van der Waals surface area contributed by atoms with Gasteiger partial charge in [0.05, 0.1) is 35.3 Å². The quantitative estimate of drug-likeness (QED) is 0.0296. The number of benzene rings is 5.